The minimum atomic E-state index is -0.0514. The van der Waals surface area contributed by atoms with Crippen molar-refractivity contribution >= 4 is 5.91 Å². The quantitative estimate of drug-likeness (QED) is 0.878. The van der Waals surface area contributed by atoms with Crippen molar-refractivity contribution in [2.45, 2.75) is 19.4 Å². The van der Waals surface area contributed by atoms with Crippen LogP contribution in [-0.2, 0) is 20.0 Å². The molecule has 3 heterocycles. The largest absolute Gasteiger partial charge is 0.352 e. The molecule has 3 rings (SSSR count). The van der Waals surface area contributed by atoms with Gasteiger partial charge in [-0.1, -0.05) is 0 Å². The highest BCUT2D eigenvalue weighted by Crippen LogP contribution is 2.17. The summed E-state index contributed by atoms with van der Waals surface area (Å²) < 4.78 is 3.80. The van der Waals surface area contributed by atoms with Crippen LogP contribution in [-0.4, -0.2) is 31.8 Å². The van der Waals surface area contributed by atoms with Gasteiger partial charge in [0.15, 0.2) is 0 Å². The van der Waals surface area contributed by atoms with Gasteiger partial charge in [0.2, 0.25) is 0 Å². The van der Waals surface area contributed by atoms with Crippen molar-refractivity contribution in [1.29, 1.82) is 0 Å². The Morgan fingerprint density at radius 2 is 2.47 bits per heavy atom. The maximum Gasteiger partial charge on any atom is 0.254 e. The van der Waals surface area contributed by atoms with Gasteiger partial charge in [-0.25, -0.2) is 4.98 Å². The Morgan fingerprint density at radius 1 is 1.58 bits per heavy atom. The van der Waals surface area contributed by atoms with E-state index in [2.05, 4.69) is 20.0 Å². The van der Waals surface area contributed by atoms with Gasteiger partial charge in [0.05, 0.1) is 11.8 Å². The SMILES string of the molecule is Cn1cc(C(=O)NC[C@@H]2CCc3nccn3C2)cn1. The summed E-state index contributed by atoms with van der Waals surface area (Å²) in [6, 6.07) is 0. The lowest BCUT2D eigenvalue weighted by molar-refractivity contribution is 0.0943. The van der Waals surface area contributed by atoms with Gasteiger partial charge in [-0.3, -0.25) is 9.48 Å². The average Bonchev–Trinajstić information content (AvgIpc) is 3.03. The Kier molecular flexibility index (Phi) is 3.06. The lowest BCUT2D eigenvalue weighted by Crippen LogP contribution is -2.33. The highest BCUT2D eigenvalue weighted by Gasteiger charge is 2.19. The van der Waals surface area contributed by atoms with E-state index in [0.717, 1.165) is 25.2 Å². The van der Waals surface area contributed by atoms with E-state index in [4.69, 9.17) is 0 Å². The lowest BCUT2D eigenvalue weighted by Gasteiger charge is -2.23. The highest BCUT2D eigenvalue weighted by molar-refractivity contribution is 5.93. The van der Waals surface area contributed by atoms with E-state index < -0.39 is 0 Å². The molecule has 1 aliphatic rings. The molecule has 0 saturated carbocycles. The molecule has 100 valence electrons. The van der Waals surface area contributed by atoms with Crippen LogP contribution in [0.1, 0.15) is 22.6 Å². The van der Waals surface area contributed by atoms with E-state index >= 15 is 0 Å². The van der Waals surface area contributed by atoms with Gasteiger partial charge in [0.1, 0.15) is 5.82 Å². The van der Waals surface area contributed by atoms with E-state index in [1.54, 1.807) is 24.1 Å². The van der Waals surface area contributed by atoms with Gasteiger partial charge in [0.25, 0.3) is 5.91 Å². The first-order chi connectivity index (χ1) is 9.22. The summed E-state index contributed by atoms with van der Waals surface area (Å²) in [7, 11) is 1.80. The monoisotopic (exact) mass is 259 g/mol. The molecule has 2 aromatic rings. The molecule has 0 saturated heterocycles. The zero-order chi connectivity index (χ0) is 13.2. The van der Waals surface area contributed by atoms with E-state index in [9.17, 15) is 4.79 Å². The Bertz CT molecular complexity index is 585. The number of hydrogen-bond donors (Lipinski definition) is 1. The summed E-state index contributed by atoms with van der Waals surface area (Å²) in [5.74, 6) is 1.57. The van der Waals surface area contributed by atoms with Crippen LogP contribution >= 0.6 is 0 Å². The smallest absolute Gasteiger partial charge is 0.254 e. The predicted molar refractivity (Wildman–Crippen MR) is 69.6 cm³/mol. The van der Waals surface area contributed by atoms with E-state index in [-0.39, 0.29) is 5.91 Å². The Hall–Kier alpha value is -2.11. The van der Waals surface area contributed by atoms with E-state index in [0.29, 0.717) is 18.0 Å². The van der Waals surface area contributed by atoms with Gasteiger partial charge in [-0.15, -0.1) is 0 Å². The minimum Gasteiger partial charge on any atom is -0.352 e. The summed E-state index contributed by atoms with van der Waals surface area (Å²) in [4.78, 5) is 16.2. The molecule has 2 aromatic heterocycles. The Morgan fingerprint density at radius 3 is 3.26 bits per heavy atom. The normalized spacial score (nSPS) is 18.1. The van der Waals surface area contributed by atoms with Gasteiger partial charge in [-0.05, 0) is 12.3 Å². The topological polar surface area (TPSA) is 64.7 Å². The third-order valence-corrected chi connectivity index (χ3v) is 3.55. The van der Waals surface area contributed by atoms with E-state index in [1.165, 1.54) is 0 Å². The first-order valence-electron chi connectivity index (χ1n) is 6.49. The fraction of sp³-hybridized carbons (Fsp3) is 0.462. The van der Waals surface area contributed by atoms with Gasteiger partial charge < -0.3 is 9.88 Å². The highest BCUT2D eigenvalue weighted by atomic mass is 16.1. The van der Waals surface area contributed by atoms with Crippen LogP contribution in [0, 0.1) is 5.92 Å². The number of fused-ring (bicyclic) bond motifs is 1. The van der Waals surface area contributed by atoms with Crippen LogP contribution in [0.3, 0.4) is 0 Å². The van der Waals surface area contributed by atoms with Crippen LogP contribution in [0.4, 0.5) is 0 Å². The van der Waals surface area contributed by atoms with Crippen molar-refractivity contribution in [2.24, 2.45) is 13.0 Å². The molecule has 0 fully saturated rings. The van der Waals surface area contributed by atoms with Gasteiger partial charge >= 0.3 is 0 Å². The minimum absolute atomic E-state index is 0.0514. The number of rotatable bonds is 3. The molecule has 0 aliphatic carbocycles. The zero-order valence-corrected chi connectivity index (χ0v) is 10.9. The first-order valence-corrected chi connectivity index (χ1v) is 6.49. The first kappa shape index (κ1) is 12.0. The molecular formula is C13H17N5O. The second-order valence-electron chi connectivity index (χ2n) is 5.01. The third-order valence-electron chi connectivity index (χ3n) is 3.55. The molecule has 0 bridgehead atoms. The summed E-state index contributed by atoms with van der Waals surface area (Å²) in [5.41, 5.74) is 0.613. The van der Waals surface area contributed by atoms with Crippen molar-refractivity contribution in [1.82, 2.24) is 24.6 Å². The molecule has 1 amide bonds. The number of carbonyl (C=O) groups excluding carboxylic acids is 1. The molecule has 19 heavy (non-hydrogen) atoms. The summed E-state index contributed by atoms with van der Waals surface area (Å²) in [6.45, 7) is 1.63. The van der Waals surface area contributed by atoms with Crippen molar-refractivity contribution in [3.8, 4) is 0 Å². The molecule has 0 spiro atoms. The van der Waals surface area contributed by atoms with Gasteiger partial charge in [-0.2, -0.15) is 5.10 Å². The van der Waals surface area contributed by atoms with Crippen molar-refractivity contribution in [3.05, 3.63) is 36.2 Å². The van der Waals surface area contributed by atoms with Crippen LogP contribution in [0.5, 0.6) is 0 Å². The summed E-state index contributed by atoms with van der Waals surface area (Å²) >= 11 is 0. The molecule has 6 heteroatoms. The molecule has 1 aliphatic heterocycles. The number of nitrogens with zero attached hydrogens (tertiary/aromatic N) is 4. The fourth-order valence-corrected chi connectivity index (χ4v) is 2.48. The van der Waals surface area contributed by atoms with Crippen LogP contribution in [0.15, 0.2) is 24.8 Å². The summed E-state index contributed by atoms with van der Waals surface area (Å²) in [5, 5.41) is 6.98. The molecule has 1 atom stereocenters. The second kappa shape index (κ2) is 4.87. The maximum atomic E-state index is 11.9. The van der Waals surface area contributed by atoms with Crippen LogP contribution in [0.2, 0.25) is 0 Å². The molecular weight excluding hydrogens is 242 g/mol. The molecule has 0 aromatic carbocycles. The van der Waals surface area contributed by atoms with Crippen molar-refractivity contribution < 1.29 is 4.79 Å². The lowest BCUT2D eigenvalue weighted by atomic mass is 9.99. The summed E-state index contributed by atoms with van der Waals surface area (Å²) in [6.07, 6.45) is 9.22. The zero-order valence-electron chi connectivity index (χ0n) is 10.9. The number of aromatic nitrogens is 4. The van der Waals surface area contributed by atoms with Gasteiger partial charge in [0, 0.05) is 45.1 Å². The number of amides is 1. The molecule has 0 unspecified atom stereocenters. The maximum absolute atomic E-state index is 11.9. The number of carbonyl (C=O) groups is 1. The number of nitrogens with one attached hydrogen (secondary N) is 1. The van der Waals surface area contributed by atoms with Crippen LogP contribution in [0.25, 0.3) is 0 Å². The van der Waals surface area contributed by atoms with Crippen LogP contribution < -0.4 is 5.32 Å². The van der Waals surface area contributed by atoms with E-state index in [1.807, 2.05) is 12.4 Å². The Balaban J connectivity index is 1.55. The Labute approximate surface area is 111 Å². The number of imidazole rings is 1. The second-order valence-corrected chi connectivity index (χ2v) is 5.01. The fourth-order valence-electron chi connectivity index (χ4n) is 2.48. The molecule has 6 nitrogen and oxygen atoms in total. The van der Waals surface area contributed by atoms with Crippen molar-refractivity contribution in [3.63, 3.8) is 0 Å². The van der Waals surface area contributed by atoms with Crippen molar-refractivity contribution in [2.75, 3.05) is 6.54 Å². The average molecular weight is 259 g/mol. The predicted octanol–water partition coefficient (Wildman–Crippen LogP) is 0.609. The number of aryl methyl sites for hydroxylation is 2. The third kappa shape index (κ3) is 2.52. The molecule has 1 N–H and O–H groups in total. The standard InChI is InChI=1S/C13H17N5O/c1-17-9-11(7-16-17)13(19)15-6-10-2-3-12-14-4-5-18(12)8-10/h4-5,7,9-10H,2-3,6,8H2,1H3,(H,15,19)/t10-/m0/s1. The molecule has 0 radical (unpaired) electrons. The number of hydrogen-bond acceptors (Lipinski definition) is 3.